The minimum Gasteiger partial charge on any atom is -0.494 e. The molecule has 0 aliphatic heterocycles. The quantitative estimate of drug-likeness (QED) is 0.648. The molecule has 0 aliphatic rings. The van der Waals surface area contributed by atoms with Crippen LogP contribution in [0.2, 0.25) is 0 Å². The summed E-state index contributed by atoms with van der Waals surface area (Å²) in [7, 11) is 0. The fourth-order valence-electron chi connectivity index (χ4n) is 1.92. The summed E-state index contributed by atoms with van der Waals surface area (Å²) in [6.07, 6.45) is 4.35. The van der Waals surface area contributed by atoms with E-state index in [1.165, 1.54) is 0 Å². The van der Waals surface area contributed by atoms with Crippen LogP contribution in [-0.2, 0) is 4.79 Å². The van der Waals surface area contributed by atoms with Crippen molar-refractivity contribution in [3.8, 4) is 5.75 Å². The standard InChI is InChI=1S/C17H28N2O2/c1-4-6-7-12-18-17(20)14(3)19-15-8-10-16(11-9-15)21-13-5-2/h8-11,14,19H,4-7,12-13H2,1-3H3,(H,18,20). The zero-order valence-electron chi connectivity index (χ0n) is 13.4. The lowest BCUT2D eigenvalue weighted by atomic mass is 10.2. The van der Waals surface area contributed by atoms with Gasteiger partial charge in [-0.15, -0.1) is 0 Å². The van der Waals surface area contributed by atoms with Crippen LogP contribution in [0.4, 0.5) is 5.69 Å². The van der Waals surface area contributed by atoms with Gasteiger partial charge in [0.15, 0.2) is 0 Å². The van der Waals surface area contributed by atoms with E-state index in [0.29, 0.717) is 0 Å². The molecule has 0 aromatic heterocycles. The molecule has 1 atom stereocenters. The van der Waals surface area contributed by atoms with E-state index in [1.807, 2.05) is 31.2 Å². The summed E-state index contributed by atoms with van der Waals surface area (Å²) in [6, 6.07) is 7.47. The van der Waals surface area contributed by atoms with Gasteiger partial charge in [0, 0.05) is 12.2 Å². The van der Waals surface area contributed by atoms with Gasteiger partial charge in [-0.25, -0.2) is 0 Å². The molecule has 0 saturated carbocycles. The summed E-state index contributed by atoms with van der Waals surface area (Å²) < 4.78 is 5.53. The molecular weight excluding hydrogens is 264 g/mol. The number of hydrogen-bond acceptors (Lipinski definition) is 3. The van der Waals surface area contributed by atoms with Gasteiger partial charge in [-0.05, 0) is 44.0 Å². The largest absolute Gasteiger partial charge is 0.494 e. The average Bonchev–Trinajstić information content (AvgIpc) is 2.50. The summed E-state index contributed by atoms with van der Waals surface area (Å²) in [5.74, 6) is 0.900. The molecule has 0 bridgehead atoms. The number of unbranched alkanes of at least 4 members (excludes halogenated alkanes) is 2. The predicted octanol–water partition coefficient (Wildman–Crippen LogP) is 3.58. The van der Waals surface area contributed by atoms with Gasteiger partial charge in [-0.3, -0.25) is 4.79 Å². The monoisotopic (exact) mass is 292 g/mol. The average molecular weight is 292 g/mol. The van der Waals surface area contributed by atoms with Crippen LogP contribution < -0.4 is 15.4 Å². The second-order valence-electron chi connectivity index (χ2n) is 5.24. The topological polar surface area (TPSA) is 50.4 Å². The number of amides is 1. The smallest absolute Gasteiger partial charge is 0.242 e. The van der Waals surface area contributed by atoms with Crippen molar-refractivity contribution in [3.63, 3.8) is 0 Å². The van der Waals surface area contributed by atoms with Crippen LogP contribution in [0.5, 0.6) is 5.75 Å². The summed E-state index contributed by atoms with van der Waals surface area (Å²) in [4.78, 5) is 11.9. The van der Waals surface area contributed by atoms with E-state index in [4.69, 9.17) is 4.74 Å². The molecule has 0 radical (unpaired) electrons. The number of rotatable bonds is 10. The fourth-order valence-corrected chi connectivity index (χ4v) is 1.92. The highest BCUT2D eigenvalue weighted by atomic mass is 16.5. The highest BCUT2D eigenvalue weighted by Gasteiger charge is 2.11. The van der Waals surface area contributed by atoms with Crippen LogP contribution in [0.1, 0.15) is 46.5 Å². The number of hydrogen-bond donors (Lipinski definition) is 2. The fraction of sp³-hybridized carbons (Fsp3) is 0.588. The van der Waals surface area contributed by atoms with Crippen molar-refractivity contribution in [1.29, 1.82) is 0 Å². The maximum Gasteiger partial charge on any atom is 0.242 e. The van der Waals surface area contributed by atoms with Crippen molar-refractivity contribution < 1.29 is 9.53 Å². The molecule has 118 valence electrons. The first-order chi connectivity index (χ1) is 10.2. The Balaban J connectivity index is 2.35. The molecule has 0 spiro atoms. The van der Waals surface area contributed by atoms with Gasteiger partial charge in [0.05, 0.1) is 6.61 Å². The molecule has 2 N–H and O–H groups in total. The maximum absolute atomic E-state index is 11.9. The van der Waals surface area contributed by atoms with Crippen molar-refractivity contribution >= 4 is 11.6 Å². The highest BCUT2D eigenvalue weighted by Crippen LogP contribution is 2.16. The van der Waals surface area contributed by atoms with Gasteiger partial charge in [-0.2, -0.15) is 0 Å². The summed E-state index contributed by atoms with van der Waals surface area (Å²) >= 11 is 0. The molecule has 1 aromatic rings. The third kappa shape index (κ3) is 7.02. The van der Waals surface area contributed by atoms with Gasteiger partial charge in [0.2, 0.25) is 5.91 Å². The first kappa shape index (κ1) is 17.3. The molecule has 0 aliphatic carbocycles. The molecule has 1 aromatic carbocycles. The van der Waals surface area contributed by atoms with Crippen LogP contribution in [-0.4, -0.2) is 25.1 Å². The summed E-state index contributed by atoms with van der Waals surface area (Å²) in [6.45, 7) is 7.58. The van der Waals surface area contributed by atoms with Gasteiger partial charge in [-0.1, -0.05) is 26.7 Å². The second kappa shape index (κ2) is 10.1. The minimum atomic E-state index is -0.242. The van der Waals surface area contributed by atoms with E-state index in [1.54, 1.807) is 0 Å². The Bertz CT molecular complexity index is 404. The highest BCUT2D eigenvalue weighted by molar-refractivity contribution is 5.84. The maximum atomic E-state index is 11.9. The van der Waals surface area contributed by atoms with Crippen LogP contribution >= 0.6 is 0 Å². The predicted molar refractivity (Wildman–Crippen MR) is 87.8 cm³/mol. The van der Waals surface area contributed by atoms with Gasteiger partial charge in [0.1, 0.15) is 11.8 Å². The Morgan fingerprint density at radius 2 is 1.86 bits per heavy atom. The molecule has 0 fully saturated rings. The van der Waals surface area contributed by atoms with Crippen LogP contribution in [0.25, 0.3) is 0 Å². The van der Waals surface area contributed by atoms with Crippen molar-refractivity contribution in [2.24, 2.45) is 0 Å². The van der Waals surface area contributed by atoms with E-state index in [-0.39, 0.29) is 11.9 Å². The number of anilines is 1. The van der Waals surface area contributed by atoms with Crippen molar-refractivity contribution in [3.05, 3.63) is 24.3 Å². The summed E-state index contributed by atoms with van der Waals surface area (Å²) in [5, 5.41) is 6.15. The van der Waals surface area contributed by atoms with E-state index < -0.39 is 0 Å². The van der Waals surface area contributed by atoms with Crippen molar-refractivity contribution in [2.75, 3.05) is 18.5 Å². The van der Waals surface area contributed by atoms with Gasteiger partial charge < -0.3 is 15.4 Å². The van der Waals surface area contributed by atoms with Crippen LogP contribution in [0, 0.1) is 0 Å². The number of benzene rings is 1. The van der Waals surface area contributed by atoms with E-state index in [9.17, 15) is 4.79 Å². The van der Waals surface area contributed by atoms with E-state index in [0.717, 1.165) is 50.3 Å². The lowest BCUT2D eigenvalue weighted by molar-refractivity contribution is -0.121. The number of nitrogens with one attached hydrogen (secondary N) is 2. The molecule has 21 heavy (non-hydrogen) atoms. The lowest BCUT2D eigenvalue weighted by Gasteiger charge is -2.15. The number of ether oxygens (including phenoxy) is 1. The van der Waals surface area contributed by atoms with Crippen LogP contribution in [0.15, 0.2) is 24.3 Å². The van der Waals surface area contributed by atoms with E-state index in [2.05, 4.69) is 24.5 Å². The zero-order chi connectivity index (χ0) is 15.5. The summed E-state index contributed by atoms with van der Waals surface area (Å²) in [5.41, 5.74) is 0.926. The molecular formula is C17H28N2O2. The van der Waals surface area contributed by atoms with Crippen molar-refractivity contribution in [1.82, 2.24) is 5.32 Å². The minimum absolute atomic E-state index is 0.0393. The molecule has 1 amide bonds. The lowest BCUT2D eigenvalue weighted by Crippen LogP contribution is -2.37. The number of carbonyl (C=O) groups excluding carboxylic acids is 1. The van der Waals surface area contributed by atoms with Gasteiger partial charge in [0.25, 0.3) is 0 Å². The number of carbonyl (C=O) groups is 1. The second-order valence-corrected chi connectivity index (χ2v) is 5.24. The Morgan fingerprint density at radius 1 is 1.14 bits per heavy atom. The third-order valence-electron chi connectivity index (χ3n) is 3.18. The third-order valence-corrected chi connectivity index (χ3v) is 3.18. The molecule has 0 heterocycles. The Morgan fingerprint density at radius 3 is 2.48 bits per heavy atom. The van der Waals surface area contributed by atoms with Crippen LogP contribution in [0.3, 0.4) is 0 Å². The molecule has 0 saturated heterocycles. The van der Waals surface area contributed by atoms with E-state index >= 15 is 0 Å². The molecule has 1 rings (SSSR count). The normalized spacial score (nSPS) is 11.8. The zero-order valence-corrected chi connectivity index (χ0v) is 13.4. The Labute approximate surface area is 128 Å². The Kier molecular flexibility index (Phi) is 8.32. The molecule has 1 unspecified atom stereocenters. The van der Waals surface area contributed by atoms with Crippen molar-refractivity contribution in [2.45, 2.75) is 52.5 Å². The first-order valence-corrected chi connectivity index (χ1v) is 7.94. The SMILES string of the molecule is CCCCCNC(=O)C(C)Nc1ccc(OCCC)cc1. The Hall–Kier alpha value is -1.71. The molecule has 4 heteroatoms. The first-order valence-electron chi connectivity index (χ1n) is 7.94. The molecule has 4 nitrogen and oxygen atoms in total. The van der Waals surface area contributed by atoms with Gasteiger partial charge >= 0.3 is 0 Å².